The van der Waals surface area contributed by atoms with Crippen LogP contribution >= 0.6 is 0 Å². The predicted octanol–water partition coefficient (Wildman–Crippen LogP) is 1.29. The van der Waals surface area contributed by atoms with Crippen LogP contribution in [0.2, 0.25) is 0 Å². The molecule has 0 aliphatic rings. The van der Waals surface area contributed by atoms with Crippen LogP contribution in [0.5, 0.6) is 0 Å². The summed E-state index contributed by atoms with van der Waals surface area (Å²) in [6.07, 6.45) is 4.37. The Hall–Kier alpha value is -2.96. The third-order valence-electron chi connectivity index (χ3n) is 2.70. The molecule has 0 bridgehead atoms. The van der Waals surface area contributed by atoms with E-state index in [-0.39, 0.29) is 6.42 Å². The van der Waals surface area contributed by atoms with E-state index in [0.29, 0.717) is 5.69 Å². The number of nitrogens with one attached hydrogen (secondary N) is 2. The van der Waals surface area contributed by atoms with E-state index in [1.165, 1.54) is 18.7 Å². The summed E-state index contributed by atoms with van der Waals surface area (Å²) in [5, 5.41) is 14.1. The van der Waals surface area contributed by atoms with Crippen molar-refractivity contribution in [1.82, 2.24) is 15.3 Å². The fraction of sp³-hybridized carbons (Fsp3) is 0.143. The molecular weight excluding hydrogens is 272 g/mol. The second-order valence-electron chi connectivity index (χ2n) is 4.31. The first-order chi connectivity index (χ1) is 10.1. The molecule has 2 rings (SSSR count). The quantitative estimate of drug-likeness (QED) is 0.768. The van der Waals surface area contributed by atoms with Crippen LogP contribution in [0.1, 0.15) is 5.56 Å². The first kappa shape index (κ1) is 14.4. The number of aromatic nitrogens is 2. The smallest absolute Gasteiger partial charge is 0.326 e. The average Bonchev–Trinajstić information content (AvgIpc) is 2.48. The average molecular weight is 286 g/mol. The van der Waals surface area contributed by atoms with Gasteiger partial charge in [0.1, 0.15) is 12.4 Å². The molecule has 7 heteroatoms. The van der Waals surface area contributed by atoms with Crippen molar-refractivity contribution in [3.05, 3.63) is 54.6 Å². The number of anilines is 1. The lowest BCUT2D eigenvalue weighted by molar-refractivity contribution is -0.139. The summed E-state index contributed by atoms with van der Waals surface area (Å²) in [5.74, 6) is -1.10. The minimum atomic E-state index is -1.10. The van der Waals surface area contributed by atoms with Gasteiger partial charge < -0.3 is 15.7 Å². The molecule has 0 unspecified atom stereocenters. The molecule has 0 aliphatic carbocycles. The van der Waals surface area contributed by atoms with Crippen molar-refractivity contribution >= 4 is 17.7 Å². The minimum Gasteiger partial charge on any atom is -0.480 e. The molecule has 0 spiro atoms. The number of hydrogen-bond donors (Lipinski definition) is 3. The Kier molecular flexibility index (Phi) is 4.81. The molecule has 2 amide bonds. The number of urea groups is 1. The van der Waals surface area contributed by atoms with Crippen molar-refractivity contribution in [3.8, 4) is 0 Å². The first-order valence-electron chi connectivity index (χ1n) is 6.24. The van der Waals surface area contributed by atoms with Crippen LogP contribution in [0.15, 0.2) is 49.1 Å². The van der Waals surface area contributed by atoms with Crippen LogP contribution in [0, 0.1) is 0 Å². The van der Waals surface area contributed by atoms with Gasteiger partial charge in [-0.1, -0.05) is 30.3 Å². The minimum absolute atomic E-state index is 0.203. The van der Waals surface area contributed by atoms with Gasteiger partial charge in [0.05, 0.1) is 18.1 Å². The number of amides is 2. The van der Waals surface area contributed by atoms with Gasteiger partial charge >= 0.3 is 12.0 Å². The van der Waals surface area contributed by atoms with E-state index in [1.54, 1.807) is 12.1 Å². The maximum absolute atomic E-state index is 11.8. The third kappa shape index (κ3) is 4.57. The first-order valence-corrected chi connectivity index (χ1v) is 6.24. The normalized spacial score (nSPS) is 11.4. The highest BCUT2D eigenvalue weighted by atomic mass is 16.4. The number of carboxylic acids is 1. The highest BCUT2D eigenvalue weighted by molar-refractivity contribution is 5.92. The monoisotopic (exact) mass is 286 g/mol. The molecule has 2 aromatic rings. The number of benzene rings is 1. The van der Waals surface area contributed by atoms with Crippen molar-refractivity contribution in [1.29, 1.82) is 0 Å². The molecule has 0 aliphatic heterocycles. The molecule has 0 fully saturated rings. The van der Waals surface area contributed by atoms with Crippen molar-refractivity contribution in [2.24, 2.45) is 0 Å². The predicted molar refractivity (Wildman–Crippen MR) is 75.8 cm³/mol. The summed E-state index contributed by atoms with van der Waals surface area (Å²) in [6.45, 7) is 0. The Morgan fingerprint density at radius 2 is 1.81 bits per heavy atom. The van der Waals surface area contributed by atoms with Crippen molar-refractivity contribution < 1.29 is 14.7 Å². The fourth-order valence-corrected chi connectivity index (χ4v) is 1.74. The summed E-state index contributed by atoms with van der Waals surface area (Å²) in [7, 11) is 0. The van der Waals surface area contributed by atoms with Gasteiger partial charge in [-0.05, 0) is 5.56 Å². The molecule has 0 saturated carbocycles. The molecule has 1 aromatic heterocycles. The molecule has 0 saturated heterocycles. The van der Waals surface area contributed by atoms with Gasteiger partial charge in [-0.15, -0.1) is 0 Å². The summed E-state index contributed by atoms with van der Waals surface area (Å²) >= 11 is 0. The van der Waals surface area contributed by atoms with Crippen LogP contribution in [-0.2, 0) is 11.2 Å². The van der Waals surface area contributed by atoms with E-state index in [9.17, 15) is 14.7 Å². The standard InChI is InChI=1S/C14H14N4O3/c19-13(20)12(6-10-4-2-1-3-5-10)18-14(21)17-11-7-15-9-16-8-11/h1-5,7-9,12H,6H2,(H,19,20)(H2,17,18,21)/t12-/m0/s1. The number of aliphatic carboxylic acids is 1. The Labute approximate surface area is 121 Å². The number of carbonyl (C=O) groups excluding carboxylic acids is 1. The Morgan fingerprint density at radius 3 is 2.43 bits per heavy atom. The number of nitrogens with zero attached hydrogens (tertiary/aromatic N) is 2. The van der Waals surface area contributed by atoms with Crippen LogP contribution in [0.3, 0.4) is 0 Å². The second-order valence-corrected chi connectivity index (χ2v) is 4.31. The zero-order valence-corrected chi connectivity index (χ0v) is 11.1. The Bertz CT molecular complexity index is 604. The SMILES string of the molecule is O=C(Nc1cncnc1)N[C@@H](Cc1ccccc1)C(=O)O. The van der Waals surface area contributed by atoms with E-state index in [1.807, 2.05) is 18.2 Å². The summed E-state index contributed by atoms with van der Waals surface area (Å²) < 4.78 is 0. The molecule has 0 radical (unpaired) electrons. The molecule has 108 valence electrons. The maximum Gasteiger partial charge on any atom is 0.326 e. The van der Waals surface area contributed by atoms with Gasteiger partial charge in [-0.25, -0.2) is 19.6 Å². The van der Waals surface area contributed by atoms with Crippen LogP contribution in [0.4, 0.5) is 10.5 Å². The second kappa shape index (κ2) is 6.99. The van der Waals surface area contributed by atoms with E-state index >= 15 is 0 Å². The fourth-order valence-electron chi connectivity index (χ4n) is 1.74. The summed E-state index contributed by atoms with van der Waals surface area (Å²) in [5.41, 5.74) is 1.21. The zero-order chi connectivity index (χ0) is 15.1. The topological polar surface area (TPSA) is 104 Å². The van der Waals surface area contributed by atoms with Gasteiger partial charge in [-0.3, -0.25) is 0 Å². The van der Waals surface area contributed by atoms with Crippen molar-refractivity contribution in [3.63, 3.8) is 0 Å². The van der Waals surface area contributed by atoms with Crippen LogP contribution < -0.4 is 10.6 Å². The van der Waals surface area contributed by atoms with Gasteiger partial charge in [-0.2, -0.15) is 0 Å². The van der Waals surface area contributed by atoms with E-state index < -0.39 is 18.0 Å². The highest BCUT2D eigenvalue weighted by Gasteiger charge is 2.20. The van der Waals surface area contributed by atoms with Gasteiger partial charge in [0.2, 0.25) is 0 Å². The number of carbonyl (C=O) groups is 2. The Balaban J connectivity index is 1.96. The maximum atomic E-state index is 11.8. The molecule has 7 nitrogen and oxygen atoms in total. The van der Waals surface area contributed by atoms with Crippen molar-refractivity contribution in [2.75, 3.05) is 5.32 Å². The lowest BCUT2D eigenvalue weighted by atomic mass is 10.1. The molecule has 3 N–H and O–H groups in total. The van der Waals surface area contributed by atoms with Gasteiger partial charge in [0.15, 0.2) is 0 Å². The van der Waals surface area contributed by atoms with Crippen molar-refractivity contribution in [2.45, 2.75) is 12.5 Å². The largest absolute Gasteiger partial charge is 0.480 e. The van der Waals surface area contributed by atoms with Crippen LogP contribution in [-0.4, -0.2) is 33.1 Å². The van der Waals surface area contributed by atoms with E-state index in [2.05, 4.69) is 20.6 Å². The van der Waals surface area contributed by atoms with E-state index in [4.69, 9.17) is 0 Å². The number of hydrogen-bond acceptors (Lipinski definition) is 4. The molecule has 21 heavy (non-hydrogen) atoms. The van der Waals surface area contributed by atoms with Crippen LogP contribution in [0.25, 0.3) is 0 Å². The Morgan fingerprint density at radius 1 is 1.14 bits per heavy atom. The summed E-state index contributed by atoms with van der Waals surface area (Å²) in [6, 6.07) is 7.45. The third-order valence-corrected chi connectivity index (χ3v) is 2.70. The summed E-state index contributed by atoms with van der Waals surface area (Å²) in [4.78, 5) is 30.5. The van der Waals surface area contributed by atoms with Gasteiger partial charge in [0, 0.05) is 6.42 Å². The molecule has 1 atom stereocenters. The molecular formula is C14H14N4O3. The lowest BCUT2D eigenvalue weighted by Gasteiger charge is -2.15. The lowest BCUT2D eigenvalue weighted by Crippen LogP contribution is -2.44. The molecule has 1 heterocycles. The van der Waals surface area contributed by atoms with Gasteiger partial charge in [0.25, 0.3) is 0 Å². The highest BCUT2D eigenvalue weighted by Crippen LogP contribution is 2.05. The number of rotatable bonds is 5. The zero-order valence-electron chi connectivity index (χ0n) is 11.1. The van der Waals surface area contributed by atoms with E-state index in [0.717, 1.165) is 5.56 Å². The number of carboxylic acid groups (broad SMARTS) is 1. The molecule has 1 aromatic carbocycles.